The SMILES string of the molecule is C[C@H]1CCCC[C@H]1OCCNC(=O)Nc1cccc2cnccc12. The molecule has 0 spiro atoms. The van der Waals surface area contributed by atoms with Gasteiger partial charge in [0.25, 0.3) is 0 Å². The molecule has 3 rings (SSSR count). The van der Waals surface area contributed by atoms with E-state index >= 15 is 0 Å². The van der Waals surface area contributed by atoms with Crippen LogP contribution in [-0.2, 0) is 4.74 Å². The molecule has 5 nitrogen and oxygen atoms in total. The molecule has 0 unspecified atom stereocenters. The lowest BCUT2D eigenvalue weighted by molar-refractivity contribution is -0.00232. The number of aromatic nitrogens is 1. The van der Waals surface area contributed by atoms with Gasteiger partial charge in [0.05, 0.1) is 18.4 Å². The Balaban J connectivity index is 1.45. The maximum atomic E-state index is 12.1. The van der Waals surface area contributed by atoms with Crippen LogP contribution in [0.2, 0.25) is 0 Å². The van der Waals surface area contributed by atoms with Gasteiger partial charge in [0.2, 0.25) is 0 Å². The summed E-state index contributed by atoms with van der Waals surface area (Å²) < 4.78 is 5.92. The fraction of sp³-hybridized carbons (Fsp3) is 0.474. The van der Waals surface area contributed by atoms with Crippen LogP contribution < -0.4 is 10.6 Å². The number of amides is 2. The van der Waals surface area contributed by atoms with Crippen LogP contribution in [0.3, 0.4) is 0 Å². The van der Waals surface area contributed by atoms with Crippen LogP contribution in [0.15, 0.2) is 36.7 Å². The first-order chi connectivity index (χ1) is 11.7. The smallest absolute Gasteiger partial charge is 0.319 e. The van der Waals surface area contributed by atoms with E-state index in [-0.39, 0.29) is 6.03 Å². The number of pyridine rings is 1. The topological polar surface area (TPSA) is 63.2 Å². The van der Waals surface area contributed by atoms with Crippen molar-refractivity contribution in [3.05, 3.63) is 36.7 Å². The number of nitrogens with one attached hydrogen (secondary N) is 2. The molecule has 1 aromatic carbocycles. The molecule has 1 saturated carbocycles. The van der Waals surface area contributed by atoms with Crippen molar-refractivity contribution < 1.29 is 9.53 Å². The van der Waals surface area contributed by atoms with E-state index in [1.165, 1.54) is 19.3 Å². The van der Waals surface area contributed by atoms with Crippen molar-refractivity contribution in [2.24, 2.45) is 5.92 Å². The molecule has 2 atom stereocenters. The summed E-state index contributed by atoms with van der Waals surface area (Å²) in [4.78, 5) is 16.2. The summed E-state index contributed by atoms with van der Waals surface area (Å²) in [6.07, 6.45) is 8.80. The second-order valence-corrected chi connectivity index (χ2v) is 6.45. The van der Waals surface area contributed by atoms with Crippen LogP contribution in [0.25, 0.3) is 10.8 Å². The zero-order valence-electron chi connectivity index (χ0n) is 14.1. The molecule has 0 saturated heterocycles. The Bertz CT molecular complexity index is 684. The van der Waals surface area contributed by atoms with Crippen LogP contribution in [0.1, 0.15) is 32.6 Å². The number of ether oxygens (including phenoxy) is 1. The van der Waals surface area contributed by atoms with E-state index in [1.807, 2.05) is 24.3 Å². The van der Waals surface area contributed by atoms with Crippen molar-refractivity contribution in [3.8, 4) is 0 Å². The molecule has 0 bridgehead atoms. The van der Waals surface area contributed by atoms with Crippen molar-refractivity contribution in [3.63, 3.8) is 0 Å². The van der Waals surface area contributed by atoms with Crippen molar-refractivity contribution >= 4 is 22.5 Å². The highest BCUT2D eigenvalue weighted by Gasteiger charge is 2.21. The Labute approximate surface area is 142 Å². The lowest BCUT2D eigenvalue weighted by atomic mass is 9.88. The first-order valence-electron chi connectivity index (χ1n) is 8.73. The standard InChI is InChI=1S/C19H25N3O2/c1-14-5-2-3-8-18(14)24-12-11-21-19(23)22-17-7-4-6-15-13-20-10-9-16(15)17/h4,6-7,9-10,13-14,18H,2-3,5,8,11-12H2,1H3,(H2,21,22,23)/t14-,18+/m0/s1. The summed E-state index contributed by atoms with van der Waals surface area (Å²) in [5, 5.41) is 7.74. The normalized spacial score (nSPS) is 20.7. The third-order valence-electron chi connectivity index (χ3n) is 4.68. The number of carbonyl (C=O) groups is 1. The molecule has 0 aliphatic heterocycles. The van der Waals surface area contributed by atoms with Crippen molar-refractivity contribution in [1.82, 2.24) is 10.3 Å². The van der Waals surface area contributed by atoms with Gasteiger partial charge in [-0.3, -0.25) is 4.98 Å². The molecule has 1 aliphatic rings. The van der Waals surface area contributed by atoms with E-state index in [0.717, 1.165) is 22.9 Å². The molecule has 1 fully saturated rings. The van der Waals surface area contributed by atoms with Gasteiger partial charge < -0.3 is 15.4 Å². The van der Waals surface area contributed by atoms with Crippen LogP contribution in [0.4, 0.5) is 10.5 Å². The number of hydrogen-bond acceptors (Lipinski definition) is 3. The fourth-order valence-corrected chi connectivity index (χ4v) is 3.30. The molecule has 2 amide bonds. The highest BCUT2D eigenvalue weighted by Crippen LogP contribution is 2.26. The lowest BCUT2D eigenvalue weighted by Crippen LogP contribution is -2.34. The quantitative estimate of drug-likeness (QED) is 0.817. The second kappa shape index (κ2) is 8.11. The monoisotopic (exact) mass is 327 g/mol. The first-order valence-corrected chi connectivity index (χ1v) is 8.73. The number of nitrogens with zero attached hydrogens (tertiary/aromatic N) is 1. The van der Waals surface area contributed by atoms with Gasteiger partial charge in [0.15, 0.2) is 0 Å². The summed E-state index contributed by atoms with van der Waals surface area (Å²) in [7, 11) is 0. The zero-order valence-corrected chi connectivity index (χ0v) is 14.1. The van der Waals surface area contributed by atoms with Crippen LogP contribution in [0, 0.1) is 5.92 Å². The number of rotatable bonds is 5. The minimum atomic E-state index is -0.209. The zero-order chi connectivity index (χ0) is 16.8. The number of fused-ring (bicyclic) bond motifs is 1. The first kappa shape index (κ1) is 16.7. The Hall–Kier alpha value is -2.14. The van der Waals surface area contributed by atoms with Gasteiger partial charge in [-0.05, 0) is 30.9 Å². The summed E-state index contributed by atoms with van der Waals surface area (Å²) >= 11 is 0. The van der Waals surface area contributed by atoms with E-state index in [9.17, 15) is 4.79 Å². The molecule has 1 aromatic heterocycles. The van der Waals surface area contributed by atoms with Crippen LogP contribution in [0.5, 0.6) is 0 Å². The van der Waals surface area contributed by atoms with Gasteiger partial charge in [-0.25, -0.2) is 4.79 Å². The minimum absolute atomic E-state index is 0.209. The second-order valence-electron chi connectivity index (χ2n) is 6.45. The average molecular weight is 327 g/mol. The lowest BCUT2D eigenvalue weighted by Gasteiger charge is -2.28. The van der Waals surface area contributed by atoms with Crippen molar-refractivity contribution in [2.45, 2.75) is 38.7 Å². The van der Waals surface area contributed by atoms with Gasteiger partial charge in [-0.2, -0.15) is 0 Å². The third-order valence-corrected chi connectivity index (χ3v) is 4.68. The van der Waals surface area contributed by atoms with E-state index in [2.05, 4.69) is 22.5 Å². The highest BCUT2D eigenvalue weighted by molar-refractivity contribution is 6.01. The summed E-state index contributed by atoms with van der Waals surface area (Å²) in [5.41, 5.74) is 0.786. The predicted octanol–water partition coefficient (Wildman–Crippen LogP) is 3.95. The largest absolute Gasteiger partial charge is 0.376 e. The molecule has 1 aliphatic carbocycles. The molecule has 2 N–H and O–H groups in total. The Morgan fingerprint density at radius 3 is 3.04 bits per heavy atom. The van der Waals surface area contributed by atoms with Gasteiger partial charge in [0.1, 0.15) is 0 Å². The van der Waals surface area contributed by atoms with E-state index < -0.39 is 0 Å². The summed E-state index contributed by atoms with van der Waals surface area (Å²) in [6.45, 7) is 3.32. The van der Waals surface area contributed by atoms with Crippen LogP contribution >= 0.6 is 0 Å². The average Bonchev–Trinajstić information content (AvgIpc) is 2.60. The predicted molar refractivity (Wildman–Crippen MR) is 96.1 cm³/mol. The van der Waals surface area contributed by atoms with Gasteiger partial charge in [-0.1, -0.05) is 31.9 Å². The Morgan fingerprint density at radius 2 is 2.17 bits per heavy atom. The van der Waals surface area contributed by atoms with Crippen LogP contribution in [-0.4, -0.2) is 30.3 Å². The highest BCUT2D eigenvalue weighted by atomic mass is 16.5. The van der Waals surface area contributed by atoms with Gasteiger partial charge in [0, 0.05) is 29.7 Å². The molecular weight excluding hydrogens is 302 g/mol. The molecular formula is C19H25N3O2. The maximum absolute atomic E-state index is 12.1. The molecule has 2 aromatic rings. The minimum Gasteiger partial charge on any atom is -0.376 e. The van der Waals surface area contributed by atoms with Crippen molar-refractivity contribution in [1.29, 1.82) is 0 Å². The number of hydrogen-bond donors (Lipinski definition) is 2. The number of carbonyl (C=O) groups excluding carboxylic acids is 1. The van der Waals surface area contributed by atoms with E-state index in [1.54, 1.807) is 12.4 Å². The third kappa shape index (κ3) is 4.23. The number of benzene rings is 1. The number of urea groups is 1. The van der Waals surface area contributed by atoms with E-state index in [0.29, 0.717) is 25.2 Å². The number of anilines is 1. The fourth-order valence-electron chi connectivity index (χ4n) is 3.30. The molecule has 1 heterocycles. The molecule has 24 heavy (non-hydrogen) atoms. The Kier molecular flexibility index (Phi) is 5.64. The maximum Gasteiger partial charge on any atom is 0.319 e. The summed E-state index contributed by atoms with van der Waals surface area (Å²) in [5.74, 6) is 0.622. The molecule has 5 heteroatoms. The van der Waals surface area contributed by atoms with Gasteiger partial charge in [-0.15, -0.1) is 0 Å². The van der Waals surface area contributed by atoms with Gasteiger partial charge >= 0.3 is 6.03 Å². The molecule has 128 valence electrons. The Morgan fingerprint density at radius 1 is 1.29 bits per heavy atom. The van der Waals surface area contributed by atoms with E-state index in [4.69, 9.17) is 4.74 Å². The summed E-state index contributed by atoms with van der Waals surface area (Å²) in [6, 6.07) is 7.47. The van der Waals surface area contributed by atoms with Crippen molar-refractivity contribution in [2.75, 3.05) is 18.5 Å². The molecule has 0 radical (unpaired) electrons.